The lowest BCUT2D eigenvalue weighted by atomic mass is 10.0. The Morgan fingerprint density at radius 1 is 1.21 bits per heavy atom. The Kier molecular flexibility index (Phi) is 6.35. The summed E-state index contributed by atoms with van der Waals surface area (Å²) in [5.41, 5.74) is 1.09. The van der Waals surface area contributed by atoms with E-state index >= 15 is 0 Å². The van der Waals surface area contributed by atoms with E-state index in [0.717, 1.165) is 34.4 Å². The van der Waals surface area contributed by atoms with Gasteiger partial charge in [0.15, 0.2) is 0 Å². The van der Waals surface area contributed by atoms with Gasteiger partial charge in [-0.3, -0.25) is 4.79 Å². The van der Waals surface area contributed by atoms with Crippen LogP contribution in [0, 0.1) is 5.92 Å². The van der Waals surface area contributed by atoms with E-state index in [4.69, 9.17) is 9.47 Å². The molecule has 0 bridgehead atoms. The second-order valence-corrected chi connectivity index (χ2v) is 5.63. The Labute approximate surface area is 123 Å². The molecule has 0 aliphatic heterocycles. The van der Waals surface area contributed by atoms with Crippen LogP contribution in [0.15, 0.2) is 16.6 Å². The maximum absolute atomic E-state index is 11.6. The third-order valence-electron chi connectivity index (χ3n) is 3.07. The third kappa shape index (κ3) is 4.53. The van der Waals surface area contributed by atoms with Gasteiger partial charge in [0, 0.05) is 18.4 Å². The van der Waals surface area contributed by atoms with Gasteiger partial charge in [-0.05, 0) is 40.4 Å². The topological polar surface area (TPSA) is 35.5 Å². The Hall–Kier alpha value is -1.03. The van der Waals surface area contributed by atoms with Gasteiger partial charge in [-0.1, -0.05) is 13.8 Å². The Bertz CT molecular complexity index is 441. The minimum Gasteiger partial charge on any atom is -0.496 e. The summed E-state index contributed by atoms with van der Waals surface area (Å²) in [4.78, 5) is 11.6. The Morgan fingerprint density at radius 3 is 2.37 bits per heavy atom. The van der Waals surface area contributed by atoms with Gasteiger partial charge in [0.25, 0.3) is 0 Å². The highest BCUT2D eigenvalue weighted by Gasteiger charge is 2.11. The van der Waals surface area contributed by atoms with Crippen molar-refractivity contribution in [3.63, 3.8) is 0 Å². The molecular formula is C15H21BrO3. The lowest BCUT2D eigenvalue weighted by Gasteiger charge is -2.12. The third-order valence-corrected chi connectivity index (χ3v) is 3.69. The number of Topliss-reactive ketones (excluding diaryl/α,β-unsaturated/α-hetero) is 1. The SMILES string of the molecule is COc1cc(OC)c(CCCC(=O)C(C)C)cc1Br. The molecule has 1 aromatic rings. The quantitative estimate of drug-likeness (QED) is 0.758. The van der Waals surface area contributed by atoms with Crippen LogP contribution < -0.4 is 9.47 Å². The molecule has 0 saturated carbocycles. The monoisotopic (exact) mass is 328 g/mol. The maximum Gasteiger partial charge on any atom is 0.136 e. The number of aryl methyl sites for hydroxylation is 1. The van der Waals surface area contributed by atoms with E-state index < -0.39 is 0 Å². The number of ether oxygens (including phenoxy) is 2. The molecule has 0 fully saturated rings. The van der Waals surface area contributed by atoms with Crippen LogP contribution >= 0.6 is 15.9 Å². The highest BCUT2D eigenvalue weighted by molar-refractivity contribution is 9.10. The van der Waals surface area contributed by atoms with Crippen LogP contribution in [0.4, 0.5) is 0 Å². The van der Waals surface area contributed by atoms with Crippen molar-refractivity contribution < 1.29 is 14.3 Å². The van der Waals surface area contributed by atoms with Gasteiger partial charge in [0.1, 0.15) is 17.3 Å². The molecule has 106 valence electrons. The van der Waals surface area contributed by atoms with Gasteiger partial charge >= 0.3 is 0 Å². The predicted octanol–water partition coefficient (Wildman–Crippen LogP) is 4.01. The van der Waals surface area contributed by atoms with Crippen molar-refractivity contribution in [3.05, 3.63) is 22.2 Å². The number of ketones is 1. The molecule has 0 N–H and O–H groups in total. The molecule has 1 rings (SSSR count). The molecular weight excluding hydrogens is 308 g/mol. The number of carbonyl (C=O) groups is 1. The zero-order valence-electron chi connectivity index (χ0n) is 12.0. The fraction of sp³-hybridized carbons (Fsp3) is 0.533. The molecule has 0 spiro atoms. The zero-order valence-corrected chi connectivity index (χ0v) is 13.5. The van der Waals surface area contributed by atoms with Crippen LogP contribution in [0.2, 0.25) is 0 Å². The summed E-state index contributed by atoms with van der Waals surface area (Å²) in [6.07, 6.45) is 2.28. The molecule has 3 nitrogen and oxygen atoms in total. The number of benzene rings is 1. The molecule has 19 heavy (non-hydrogen) atoms. The zero-order chi connectivity index (χ0) is 14.4. The number of hydrogen-bond donors (Lipinski definition) is 0. The van der Waals surface area contributed by atoms with E-state index in [1.165, 1.54) is 0 Å². The number of hydrogen-bond acceptors (Lipinski definition) is 3. The molecule has 4 heteroatoms. The first kappa shape index (κ1) is 16.0. The van der Waals surface area contributed by atoms with E-state index in [2.05, 4.69) is 15.9 Å². The summed E-state index contributed by atoms with van der Waals surface area (Å²) < 4.78 is 11.5. The lowest BCUT2D eigenvalue weighted by Crippen LogP contribution is -2.07. The second kappa shape index (κ2) is 7.53. The van der Waals surface area contributed by atoms with Crippen molar-refractivity contribution in [2.75, 3.05) is 14.2 Å². The van der Waals surface area contributed by atoms with Crippen molar-refractivity contribution in [3.8, 4) is 11.5 Å². The van der Waals surface area contributed by atoms with Crippen LogP contribution in [-0.2, 0) is 11.2 Å². The van der Waals surface area contributed by atoms with E-state index in [1.54, 1.807) is 14.2 Å². The molecule has 0 heterocycles. The molecule has 0 atom stereocenters. The summed E-state index contributed by atoms with van der Waals surface area (Å²) >= 11 is 3.47. The highest BCUT2D eigenvalue weighted by Crippen LogP contribution is 2.33. The largest absolute Gasteiger partial charge is 0.496 e. The van der Waals surface area contributed by atoms with Crippen LogP contribution in [0.3, 0.4) is 0 Å². The standard InChI is InChI=1S/C15H21BrO3/c1-10(2)13(17)7-5-6-11-8-12(16)15(19-4)9-14(11)18-3/h8-10H,5-7H2,1-4H3. The minimum atomic E-state index is 0.115. The van der Waals surface area contributed by atoms with Crippen molar-refractivity contribution in [1.29, 1.82) is 0 Å². The predicted molar refractivity (Wildman–Crippen MR) is 80.0 cm³/mol. The maximum atomic E-state index is 11.6. The second-order valence-electron chi connectivity index (χ2n) is 4.77. The van der Waals surface area contributed by atoms with Gasteiger partial charge in [-0.25, -0.2) is 0 Å². The number of halogens is 1. The summed E-state index contributed by atoms with van der Waals surface area (Å²) in [5, 5.41) is 0. The van der Waals surface area contributed by atoms with Gasteiger partial charge in [-0.15, -0.1) is 0 Å². The van der Waals surface area contributed by atoms with Crippen LogP contribution in [0.1, 0.15) is 32.3 Å². The Balaban J connectivity index is 2.72. The normalized spacial score (nSPS) is 10.6. The van der Waals surface area contributed by atoms with Gasteiger partial charge in [-0.2, -0.15) is 0 Å². The number of methoxy groups -OCH3 is 2. The first-order valence-corrected chi connectivity index (χ1v) is 7.22. The van der Waals surface area contributed by atoms with E-state index in [-0.39, 0.29) is 5.92 Å². The summed E-state index contributed by atoms with van der Waals surface area (Å²) in [5.74, 6) is 1.98. The molecule has 0 unspecified atom stereocenters. The summed E-state index contributed by atoms with van der Waals surface area (Å²) in [6.45, 7) is 3.87. The fourth-order valence-electron chi connectivity index (χ4n) is 1.86. The van der Waals surface area contributed by atoms with Crippen molar-refractivity contribution >= 4 is 21.7 Å². The lowest BCUT2D eigenvalue weighted by molar-refractivity contribution is -0.121. The van der Waals surface area contributed by atoms with Crippen LogP contribution in [0.25, 0.3) is 0 Å². The van der Waals surface area contributed by atoms with Gasteiger partial charge in [0.05, 0.1) is 18.7 Å². The molecule has 0 amide bonds. The first-order chi connectivity index (χ1) is 8.99. The van der Waals surface area contributed by atoms with Gasteiger partial charge in [0.2, 0.25) is 0 Å². The average Bonchev–Trinajstić information content (AvgIpc) is 2.38. The van der Waals surface area contributed by atoms with E-state index in [0.29, 0.717) is 12.2 Å². The highest BCUT2D eigenvalue weighted by atomic mass is 79.9. The van der Waals surface area contributed by atoms with Gasteiger partial charge < -0.3 is 9.47 Å². The molecule has 0 aromatic heterocycles. The van der Waals surface area contributed by atoms with Crippen molar-refractivity contribution in [1.82, 2.24) is 0 Å². The Morgan fingerprint density at radius 2 is 1.84 bits per heavy atom. The van der Waals surface area contributed by atoms with Crippen molar-refractivity contribution in [2.45, 2.75) is 33.1 Å². The molecule has 0 saturated heterocycles. The number of rotatable bonds is 7. The van der Waals surface area contributed by atoms with Crippen LogP contribution in [-0.4, -0.2) is 20.0 Å². The number of carbonyl (C=O) groups excluding carboxylic acids is 1. The molecule has 1 aromatic carbocycles. The van der Waals surface area contributed by atoms with Crippen LogP contribution in [0.5, 0.6) is 11.5 Å². The smallest absolute Gasteiger partial charge is 0.136 e. The summed E-state index contributed by atoms with van der Waals surface area (Å²) in [7, 11) is 3.27. The minimum absolute atomic E-state index is 0.115. The van der Waals surface area contributed by atoms with E-state index in [1.807, 2.05) is 26.0 Å². The fourth-order valence-corrected chi connectivity index (χ4v) is 2.41. The molecule has 0 radical (unpaired) electrons. The molecule has 0 aliphatic carbocycles. The van der Waals surface area contributed by atoms with E-state index in [9.17, 15) is 4.79 Å². The van der Waals surface area contributed by atoms with Crippen molar-refractivity contribution in [2.24, 2.45) is 5.92 Å². The average molecular weight is 329 g/mol. The first-order valence-electron chi connectivity index (χ1n) is 6.42. The summed E-state index contributed by atoms with van der Waals surface area (Å²) in [6, 6.07) is 3.86. The molecule has 0 aliphatic rings.